The highest BCUT2D eigenvalue weighted by molar-refractivity contribution is 5.99. The van der Waals surface area contributed by atoms with Gasteiger partial charge >= 0.3 is 6.09 Å². The minimum absolute atomic E-state index is 0.270. The summed E-state index contributed by atoms with van der Waals surface area (Å²) in [6, 6.07) is -0.697. The summed E-state index contributed by atoms with van der Waals surface area (Å²) in [5, 5.41) is 9.74. The molecule has 0 aliphatic carbocycles. The minimum Gasteiger partial charge on any atom is -0.444 e. The quantitative estimate of drug-likeness (QED) is 0.810. The Bertz CT molecular complexity index is 447. The van der Waals surface area contributed by atoms with Gasteiger partial charge in [0.15, 0.2) is 0 Å². The molecule has 1 heterocycles. The van der Waals surface area contributed by atoms with Crippen LogP contribution in [0.1, 0.15) is 38.2 Å². The summed E-state index contributed by atoms with van der Waals surface area (Å²) in [5.74, 6) is -0.270. The van der Waals surface area contributed by atoms with Crippen molar-refractivity contribution in [3.63, 3.8) is 0 Å². The van der Waals surface area contributed by atoms with E-state index in [1.807, 2.05) is 0 Å². The molecular weight excluding hydrogens is 236 g/mol. The number of nitrogens with zero attached hydrogens (tertiary/aromatic N) is 3. The third kappa shape index (κ3) is 3.83. The maximum Gasteiger partial charge on any atom is 0.408 e. The molecule has 0 unspecified atom stereocenters. The normalized spacial score (nSPS) is 12.9. The zero-order valence-electron chi connectivity index (χ0n) is 11.2. The molecule has 7 heteroatoms. The highest BCUT2D eigenvalue weighted by Crippen LogP contribution is 2.07. The number of ketones is 1. The second kappa shape index (κ2) is 5.16. The van der Waals surface area contributed by atoms with Crippen LogP contribution in [0.3, 0.4) is 0 Å². The predicted octanol–water partition coefficient (Wildman–Crippen LogP) is 0.911. The largest absolute Gasteiger partial charge is 0.444 e. The van der Waals surface area contributed by atoms with E-state index in [1.54, 1.807) is 34.7 Å². The van der Waals surface area contributed by atoms with Gasteiger partial charge in [-0.05, 0) is 27.7 Å². The molecule has 1 aromatic heterocycles. The maximum absolute atomic E-state index is 12.0. The molecule has 0 radical (unpaired) electrons. The average molecular weight is 254 g/mol. The lowest BCUT2D eigenvalue weighted by Crippen LogP contribution is -2.42. The second-order valence-electron chi connectivity index (χ2n) is 4.98. The van der Waals surface area contributed by atoms with Crippen molar-refractivity contribution < 1.29 is 14.3 Å². The van der Waals surface area contributed by atoms with Crippen molar-refractivity contribution in [3.8, 4) is 0 Å². The second-order valence-corrected chi connectivity index (χ2v) is 4.98. The van der Waals surface area contributed by atoms with Crippen LogP contribution in [0.2, 0.25) is 0 Å². The van der Waals surface area contributed by atoms with E-state index in [-0.39, 0.29) is 5.78 Å². The molecule has 1 atom stereocenters. The monoisotopic (exact) mass is 254 g/mol. The van der Waals surface area contributed by atoms with Gasteiger partial charge in [0.1, 0.15) is 11.3 Å². The summed E-state index contributed by atoms with van der Waals surface area (Å²) in [4.78, 5) is 23.5. The van der Waals surface area contributed by atoms with Gasteiger partial charge in [0, 0.05) is 7.05 Å². The van der Waals surface area contributed by atoms with Gasteiger partial charge in [-0.25, -0.2) is 9.48 Å². The van der Waals surface area contributed by atoms with E-state index in [4.69, 9.17) is 4.74 Å². The molecule has 0 aromatic carbocycles. The van der Waals surface area contributed by atoms with Gasteiger partial charge < -0.3 is 10.1 Å². The topological polar surface area (TPSA) is 86.1 Å². The number of aryl methyl sites for hydroxylation is 1. The van der Waals surface area contributed by atoms with Crippen molar-refractivity contribution in [2.24, 2.45) is 7.05 Å². The molecule has 1 aromatic rings. The Morgan fingerprint density at radius 3 is 2.50 bits per heavy atom. The van der Waals surface area contributed by atoms with Crippen molar-refractivity contribution in [1.82, 2.24) is 20.3 Å². The number of hydrogen-bond donors (Lipinski definition) is 1. The first kappa shape index (κ1) is 14.1. The number of Topliss-reactive ketones (excluding diaryl/α,β-unsaturated/α-hetero) is 1. The number of nitrogens with one attached hydrogen (secondary N) is 1. The highest BCUT2D eigenvalue weighted by Gasteiger charge is 2.23. The number of amides is 1. The van der Waals surface area contributed by atoms with Gasteiger partial charge in [0.25, 0.3) is 0 Å². The lowest BCUT2D eigenvalue weighted by molar-refractivity contribution is 0.0496. The van der Waals surface area contributed by atoms with Crippen LogP contribution in [0.15, 0.2) is 6.20 Å². The lowest BCUT2D eigenvalue weighted by atomic mass is 10.1. The molecule has 0 bridgehead atoms. The Morgan fingerprint density at radius 1 is 1.44 bits per heavy atom. The number of carbonyl (C=O) groups is 2. The summed E-state index contributed by atoms with van der Waals surface area (Å²) in [6.07, 6.45) is 0.730. The maximum atomic E-state index is 12.0. The summed E-state index contributed by atoms with van der Waals surface area (Å²) in [7, 11) is 1.61. The average Bonchev–Trinajstić information content (AvgIpc) is 2.60. The molecule has 0 saturated heterocycles. The number of aromatic nitrogens is 3. The molecule has 100 valence electrons. The fraction of sp³-hybridized carbons (Fsp3) is 0.636. The molecule has 1 rings (SSSR count). The van der Waals surface area contributed by atoms with Crippen LogP contribution < -0.4 is 5.32 Å². The Kier molecular flexibility index (Phi) is 4.05. The Balaban J connectivity index is 2.61. The Labute approximate surface area is 105 Å². The first-order valence-electron chi connectivity index (χ1n) is 5.59. The fourth-order valence-corrected chi connectivity index (χ4v) is 1.28. The van der Waals surface area contributed by atoms with Crippen LogP contribution in [0.5, 0.6) is 0 Å². The number of hydrogen-bond acceptors (Lipinski definition) is 5. The molecule has 1 N–H and O–H groups in total. The number of ether oxygens (including phenoxy) is 1. The first-order chi connectivity index (χ1) is 8.20. The molecule has 0 spiro atoms. The molecule has 18 heavy (non-hydrogen) atoms. The minimum atomic E-state index is -0.697. The summed E-state index contributed by atoms with van der Waals surface area (Å²) in [5.41, 5.74) is -0.264. The third-order valence-corrected chi connectivity index (χ3v) is 2.09. The van der Waals surface area contributed by atoms with Crippen molar-refractivity contribution in [1.29, 1.82) is 0 Å². The van der Waals surface area contributed by atoms with Crippen LogP contribution in [0.25, 0.3) is 0 Å². The summed E-state index contributed by atoms with van der Waals surface area (Å²) < 4.78 is 6.42. The van der Waals surface area contributed by atoms with Gasteiger partial charge in [-0.3, -0.25) is 4.79 Å². The smallest absolute Gasteiger partial charge is 0.408 e. The van der Waals surface area contributed by atoms with Crippen molar-refractivity contribution in [2.75, 3.05) is 0 Å². The molecule has 0 aliphatic heterocycles. The summed E-state index contributed by atoms with van der Waals surface area (Å²) >= 11 is 0. The molecule has 0 saturated carbocycles. The van der Waals surface area contributed by atoms with Gasteiger partial charge in [0.05, 0.1) is 12.2 Å². The number of alkyl carbamates (subject to hydrolysis) is 1. The summed E-state index contributed by atoms with van der Waals surface area (Å²) in [6.45, 7) is 6.84. The van der Waals surface area contributed by atoms with Crippen LogP contribution in [0, 0.1) is 0 Å². The highest BCUT2D eigenvalue weighted by atomic mass is 16.6. The molecule has 0 fully saturated rings. The van der Waals surface area contributed by atoms with E-state index in [2.05, 4.69) is 15.6 Å². The fourth-order valence-electron chi connectivity index (χ4n) is 1.28. The van der Waals surface area contributed by atoms with Gasteiger partial charge in [-0.2, -0.15) is 0 Å². The van der Waals surface area contributed by atoms with E-state index >= 15 is 0 Å². The van der Waals surface area contributed by atoms with Crippen molar-refractivity contribution in [2.45, 2.75) is 39.3 Å². The van der Waals surface area contributed by atoms with E-state index in [9.17, 15) is 9.59 Å². The van der Waals surface area contributed by atoms with Gasteiger partial charge in [-0.1, -0.05) is 5.21 Å². The molecule has 0 aliphatic rings. The van der Waals surface area contributed by atoms with Crippen LogP contribution in [-0.4, -0.2) is 38.5 Å². The van der Waals surface area contributed by atoms with E-state index < -0.39 is 17.7 Å². The molecular formula is C11H18N4O3. The zero-order valence-corrected chi connectivity index (χ0v) is 11.2. The zero-order chi connectivity index (χ0) is 13.9. The Hall–Kier alpha value is -1.92. The third-order valence-electron chi connectivity index (χ3n) is 2.09. The van der Waals surface area contributed by atoms with Crippen molar-refractivity contribution in [3.05, 3.63) is 11.9 Å². The van der Waals surface area contributed by atoms with Gasteiger partial charge in [0.2, 0.25) is 5.78 Å². The molecule has 1 amide bonds. The lowest BCUT2D eigenvalue weighted by Gasteiger charge is -2.21. The van der Waals surface area contributed by atoms with E-state index in [0.717, 1.165) is 0 Å². The van der Waals surface area contributed by atoms with E-state index in [1.165, 1.54) is 10.9 Å². The number of carbonyl (C=O) groups excluding carboxylic acids is 2. The standard InChI is InChI=1S/C11H18N4O3/c1-7(13-10(17)18-11(2,3)4)9(16)8-6-12-14-15(8)5/h6-7H,1-5H3,(H,13,17)/t7-/m0/s1. The van der Waals surface area contributed by atoms with Crippen LogP contribution in [-0.2, 0) is 11.8 Å². The van der Waals surface area contributed by atoms with Crippen molar-refractivity contribution >= 4 is 11.9 Å². The SMILES string of the molecule is C[C@H](NC(=O)OC(C)(C)C)C(=O)c1cnnn1C. The van der Waals surface area contributed by atoms with Gasteiger partial charge in [-0.15, -0.1) is 5.10 Å². The van der Waals surface area contributed by atoms with E-state index in [0.29, 0.717) is 5.69 Å². The Morgan fingerprint density at radius 2 is 2.06 bits per heavy atom. The van der Waals surface area contributed by atoms with Crippen LogP contribution in [0.4, 0.5) is 4.79 Å². The first-order valence-corrected chi connectivity index (χ1v) is 5.59. The predicted molar refractivity (Wildman–Crippen MR) is 64.2 cm³/mol. The number of rotatable bonds is 3. The molecule has 7 nitrogen and oxygen atoms in total. The van der Waals surface area contributed by atoms with Crippen LogP contribution >= 0.6 is 0 Å².